The fraction of sp³-hybridized carbons (Fsp3) is 0.600. The van der Waals surface area contributed by atoms with Crippen LogP contribution in [0.4, 0.5) is 0 Å². The first-order valence-electron chi connectivity index (χ1n) is 6.96. The number of aliphatic hydroxyl groups is 3. The van der Waals surface area contributed by atoms with Crippen LogP contribution in [-0.2, 0) is 4.74 Å². The van der Waals surface area contributed by atoms with E-state index in [-0.39, 0.29) is 12.0 Å². The first kappa shape index (κ1) is 17.5. The molecule has 0 saturated carbocycles. The van der Waals surface area contributed by atoms with Gasteiger partial charge in [0.25, 0.3) is 0 Å². The first-order valence-corrected chi connectivity index (χ1v) is 7.84. The Balaban J connectivity index is 0.000000956. The van der Waals surface area contributed by atoms with Crippen molar-refractivity contribution in [1.82, 2.24) is 0 Å². The highest BCUT2D eigenvalue weighted by Crippen LogP contribution is 2.32. The molecule has 4 nitrogen and oxygen atoms in total. The Hall–Kier alpha value is -0.590. The SMILES string of the molecule is CC.Cc1ccc(SC2CC(O)C(O)C(CO)O2)cc1. The lowest BCUT2D eigenvalue weighted by Crippen LogP contribution is -2.48. The number of aliphatic hydroxyl groups excluding tert-OH is 3. The van der Waals surface area contributed by atoms with Crippen molar-refractivity contribution in [2.45, 2.75) is 55.8 Å². The van der Waals surface area contributed by atoms with Crippen LogP contribution in [0.15, 0.2) is 29.2 Å². The minimum absolute atomic E-state index is 0.247. The van der Waals surface area contributed by atoms with Gasteiger partial charge in [-0.05, 0) is 19.1 Å². The maximum Gasteiger partial charge on any atom is 0.110 e. The molecule has 5 heteroatoms. The van der Waals surface area contributed by atoms with Gasteiger partial charge in [0.05, 0.1) is 12.7 Å². The molecule has 0 radical (unpaired) electrons. The number of rotatable bonds is 3. The molecule has 0 spiro atoms. The first-order chi connectivity index (χ1) is 9.60. The van der Waals surface area contributed by atoms with E-state index in [1.165, 1.54) is 17.3 Å². The summed E-state index contributed by atoms with van der Waals surface area (Å²) in [6.45, 7) is 5.73. The van der Waals surface area contributed by atoms with Gasteiger partial charge in [0.2, 0.25) is 0 Å². The van der Waals surface area contributed by atoms with Gasteiger partial charge in [-0.15, -0.1) is 0 Å². The van der Waals surface area contributed by atoms with E-state index in [0.29, 0.717) is 6.42 Å². The van der Waals surface area contributed by atoms with Crippen LogP contribution in [-0.4, -0.2) is 45.7 Å². The number of ether oxygens (including phenoxy) is 1. The Kier molecular flexibility index (Phi) is 7.55. The van der Waals surface area contributed by atoms with Gasteiger partial charge in [-0.25, -0.2) is 0 Å². The third-order valence-electron chi connectivity index (χ3n) is 3.00. The van der Waals surface area contributed by atoms with Gasteiger partial charge >= 0.3 is 0 Å². The Morgan fingerprint density at radius 3 is 2.35 bits per heavy atom. The summed E-state index contributed by atoms with van der Waals surface area (Å²) in [7, 11) is 0. The lowest BCUT2D eigenvalue weighted by molar-refractivity contribution is -0.157. The van der Waals surface area contributed by atoms with Crippen LogP contribution in [0.1, 0.15) is 25.8 Å². The quantitative estimate of drug-likeness (QED) is 0.796. The second kappa shape index (κ2) is 8.64. The van der Waals surface area contributed by atoms with Crippen molar-refractivity contribution >= 4 is 11.8 Å². The number of aryl methyl sites for hydroxylation is 1. The van der Waals surface area contributed by atoms with Crippen molar-refractivity contribution in [2.24, 2.45) is 0 Å². The Morgan fingerprint density at radius 2 is 1.80 bits per heavy atom. The zero-order valence-corrected chi connectivity index (χ0v) is 13.0. The molecule has 3 N–H and O–H groups in total. The van der Waals surface area contributed by atoms with E-state index in [1.807, 2.05) is 45.0 Å². The minimum Gasteiger partial charge on any atom is -0.394 e. The molecule has 0 aliphatic carbocycles. The van der Waals surface area contributed by atoms with Gasteiger partial charge in [0.15, 0.2) is 0 Å². The van der Waals surface area contributed by atoms with E-state index in [2.05, 4.69) is 0 Å². The summed E-state index contributed by atoms with van der Waals surface area (Å²) < 4.78 is 5.56. The monoisotopic (exact) mass is 300 g/mol. The van der Waals surface area contributed by atoms with Gasteiger partial charge in [-0.2, -0.15) is 0 Å². The van der Waals surface area contributed by atoms with E-state index in [4.69, 9.17) is 9.84 Å². The normalized spacial score (nSPS) is 29.5. The lowest BCUT2D eigenvalue weighted by atomic mass is 10.0. The average molecular weight is 300 g/mol. The molecule has 114 valence electrons. The molecule has 1 heterocycles. The Labute approximate surface area is 124 Å². The van der Waals surface area contributed by atoms with Crippen LogP contribution in [0.5, 0.6) is 0 Å². The predicted molar refractivity (Wildman–Crippen MR) is 80.8 cm³/mol. The van der Waals surface area contributed by atoms with E-state index < -0.39 is 18.3 Å². The molecule has 1 aliphatic heterocycles. The summed E-state index contributed by atoms with van der Waals surface area (Å²) in [5.74, 6) is 0. The van der Waals surface area contributed by atoms with Crippen LogP contribution >= 0.6 is 11.8 Å². The van der Waals surface area contributed by atoms with Crippen LogP contribution < -0.4 is 0 Å². The average Bonchev–Trinajstić information content (AvgIpc) is 2.47. The minimum atomic E-state index is -1.01. The van der Waals surface area contributed by atoms with E-state index >= 15 is 0 Å². The predicted octanol–water partition coefficient (Wildman–Crippen LogP) is 1.94. The summed E-state index contributed by atoms with van der Waals surface area (Å²) in [5.41, 5.74) is 0.941. The van der Waals surface area contributed by atoms with Crippen molar-refractivity contribution in [1.29, 1.82) is 0 Å². The van der Waals surface area contributed by atoms with E-state index in [1.54, 1.807) is 0 Å². The molecule has 20 heavy (non-hydrogen) atoms. The van der Waals surface area contributed by atoms with Gasteiger partial charge in [0.1, 0.15) is 17.6 Å². The summed E-state index contributed by atoms with van der Waals surface area (Å²) in [4.78, 5) is 1.05. The fourth-order valence-corrected chi connectivity index (χ4v) is 3.00. The molecular weight excluding hydrogens is 276 g/mol. The zero-order chi connectivity index (χ0) is 15.1. The van der Waals surface area contributed by atoms with Gasteiger partial charge in [-0.3, -0.25) is 0 Å². The molecular formula is C15H24O4S. The van der Waals surface area contributed by atoms with Gasteiger partial charge in [-0.1, -0.05) is 43.3 Å². The molecule has 0 amide bonds. The van der Waals surface area contributed by atoms with Gasteiger partial charge in [0, 0.05) is 11.3 Å². The highest BCUT2D eigenvalue weighted by atomic mass is 32.2. The van der Waals surface area contributed by atoms with Crippen LogP contribution in [0.2, 0.25) is 0 Å². The van der Waals surface area contributed by atoms with Crippen LogP contribution in [0, 0.1) is 6.92 Å². The van der Waals surface area contributed by atoms with Crippen LogP contribution in [0.3, 0.4) is 0 Å². The Bertz CT molecular complexity index is 382. The van der Waals surface area contributed by atoms with Crippen molar-refractivity contribution in [2.75, 3.05) is 6.61 Å². The topological polar surface area (TPSA) is 69.9 Å². The highest BCUT2D eigenvalue weighted by Gasteiger charge is 2.36. The summed E-state index contributed by atoms with van der Waals surface area (Å²) >= 11 is 1.49. The molecule has 1 saturated heterocycles. The maximum absolute atomic E-state index is 9.72. The summed E-state index contributed by atoms with van der Waals surface area (Å²) in [6, 6.07) is 8.02. The molecule has 4 atom stereocenters. The van der Waals surface area contributed by atoms with Crippen molar-refractivity contribution < 1.29 is 20.1 Å². The van der Waals surface area contributed by atoms with Crippen molar-refractivity contribution in [3.63, 3.8) is 0 Å². The Morgan fingerprint density at radius 1 is 1.20 bits per heavy atom. The van der Waals surface area contributed by atoms with Crippen molar-refractivity contribution in [3.05, 3.63) is 29.8 Å². The van der Waals surface area contributed by atoms with E-state index in [0.717, 1.165) is 4.90 Å². The molecule has 0 aromatic heterocycles. The fourth-order valence-electron chi connectivity index (χ4n) is 1.91. The van der Waals surface area contributed by atoms with E-state index in [9.17, 15) is 10.2 Å². The largest absolute Gasteiger partial charge is 0.394 e. The number of thioether (sulfide) groups is 1. The molecule has 0 bridgehead atoms. The number of hydrogen-bond acceptors (Lipinski definition) is 5. The third kappa shape index (κ3) is 4.75. The molecule has 1 aliphatic rings. The second-order valence-corrected chi connectivity index (χ2v) is 5.74. The highest BCUT2D eigenvalue weighted by molar-refractivity contribution is 7.99. The number of benzene rings is 1. The molecule has 1 aromatic rings. The second-order valence-electron chi connectivity index (χ2n) is 4.51. The number of hydrogen-bond donors (Lipinski definition) is 3. The summed E-state index contributed by atoms with van der Waals surface area (Å²) in [5, 5.41) is 28.4. The lowest BCUT2D eigenvalue weighted by Gasteiger charge is -2.35. The maximum atomic E-state index is 9.72. The zero-order valence-electron chi connectivity index (χ0n) is 12.2. The third-order valence-corrected chi connectivity index (χ3v) is 4.11. The smallest absolute Gasteiger partial charge is 0.110 e. The molecule has 4 unspecified atom stereocenters. The standard InChI is InChI=1S/C13H18O4S.C2H6/c1-8-2-4-9(5-3-8)18-12-6-10(15)13(16)11(7-14)17-12;1-2/h2-5,10-16H,6-7H2,1H3;1-2H3. The summed E-state index contributed by atoms with van der Waals surface area (Å²) in [6.07, 6.45) is -2.21. The molecule has 2 rings (SSSR count). The van der Waals surface area contributed by atoms with Crippen LogP contribution in [0.25, 0.3) is 0 Å². The van der Waals surface area contributed by atoms with Crippen molar-refractivity contribution in [3.8, 4) is 0 Å². The molecule has 1 fully saturated rings. The molecule has 1 aromatic carbocycles. The van der Waals surface area contributed by atoms with Gasteiger partial charge < -0.3 is 20.1 Å².